The molecule has 102 valence electrons. The molecule has 0 aromatic heterocycles. The summed E-state index contributed by atoms with van der Waals surface area (Å²) in [4.78, 5) is 12.0. The molecule has 2 aliphatic rings. The van der Waals surface area contributed by atoms with Crippen molar-refractivity contribution in [3.05, 3.63) is 24.3 Å². The van der Waals surface area contributed by atoms with E-state index in [1.165, 1.54) is 12.8 Å². The minimum atomic E-state index is 0.00722. The molecule has 4 nitrogen and oxygen atoms in total. The third kappa shape index (κ3) is 2.89. The predicted molar refractivity (Wildman–Crippen MR) is 74.0 cm³/mol. The van der Waals surface area contributed by atoms with Gasteiger partial charge in [-0.15, -0.1) is 0 Å². The number of anilines is 1. The van der Waals surface area contributed by atoms with Gasteiger partial charge >= 0.3 is 0 Å². The van der Waals surface area contributed by atoms with E-state index in [2.05, 4.69) is 10.6 Å². The molecule has 3 N–H and O–H groups in total. The molecule has 1 amide bonds. The van der Waals surface area contributed by atoms with Gasteiger partial charge in [0.2, 0.25) is 5.91 Å². The topological polar surface area (TPSA) is 61.4 Å². The van der Waals surface area contributed by atoms with Gasteiger partial charge in [-0.25, -0.2) is 0 Å². The molecule has 2 heterocycles. The normalized spacial score (nSPS) is 29.2. The molecule has 0 radical (unpaired) electrons. The van der Waals surface area contributed by atoms with Crippen LogP contribution in [0, 0.1) is 5.92 Å². The van der Waals surface area contributed by atoms with Crippen LogP contribution in [0.2, 0.25) is 0 Å². The van der Waals surface area contributed by atoms with Crippen LogP contribution in [-0.2, 0) is 4.79 Å². The van der Waals surface area contributed by atoms with Gasteiger partial charge in [-0.1, -0.05) is 12.1 Å². The third-order valence-corrected chi connectivity index (χ3v) is 4.22. The van der Waals surface area contributed by atoms with Gasteiger partial charge in [0.1, 0.15) is 5.75 Å². The first-order valence-corrected chi connectivity index (χ1v) is 7.04. The number of nitrogens with one attached hydrogen (secondary N) is 2. The Morgan fingerprint density at radius 2 is 1.95 bits per heavy atom. The Hall–Kier alpha value is -1.55. The molecule has 1 aromatic carbocycles. The number of benzene rings is 1. The molecule has 1 aromatic rings. The Morgan fingerprint density at radius 1 is 1.26 bits per heavy atom. The lowest BCUT2D eigenvalue weighted by Crippen LogP contribution is -2.39. The molecule has 3 rings (SSSR count). The van der Waals surface area contributed by atoms with E-state index in [1.54, 1.807) is 24.3 Å². The number of rotatable bonds is 3. The molecule has 2 aliphatic heterocycles. The molecule has 2 fully saturated rings. The van der Waals surface area contributed by atoms with E-state index in [-0.39, 0.29) is 11.7 Å². The number of hydrogen-bond acceptors (Lipinski definition) is 3. The van der Waals surface area contributed by atoms with Gasteiger partial charge in [0.05, 0.1) is 5.69 Å². The van der Waals surface area contributed by atoms with Crippen LogP contribution in [0.1, 0.15) is 32.1 Å². The van der Waals surface area contributed by atoms with Gasteiger partial charge in [0.25, 0.3) is 0 Å². The van der Waals surface area contributed by atoms with E-state index in [0.717, 1.165) is 12.8 Å². The van der Waals surface area contributed by atoms with E-state index >= 15 is 0 Å². The van der Waals surface area contributed by atoms with Crippen LogP contribution >= 0.6 is 0 Å². The maximum Gasteiger partial charge on any atom is 0.224 e. The summed E-state index contributed by atoms with van der Waals surface area (Å²) in [5.41, 5.74) is 0.504. The van der Waals surface area contributed by atoms with Crippen LogP contribution in [0.15, 0.2) is 24.3 Å². The standard InChI is InChI=1S/C15H20N2O2/c18-14-4-2-1-3-13(14)17-15(19)9-10-7-11-5-6-12(8-10)16-11/h1-4,10-12,16,18H,5-9H2,(H,17,19). The molecule has 2 saturated heterocycles. The molecular formula is C15H20N2O2. The first-order chi connectivity index (χ1) is 9.20. The van der Waals surface area contributed by atoms with E-state index in [4.69, 9.17) is 0 Å². The molecule has 2 bridgehead atoms. The highest BCUT2D eigenvalue weighted by molar-refractivity contribution is 5.92. The fourth-order valence-electron chi connectivity index (χ4n) is 3.38. The average Bonchev–Trinajstić information content (AvgIpc) is 2.72. The van der Waals surface area contributed by atoms with Crippen molar-refractivity contribution in [1.29, 1.82) is 0 Å². The summed E-state index contributed by atoms with van der Waals surface area (Å²) in [5.74, 6) is 0.610. The summed E-state index contributed by atoms with van der Waals surface area (Å²) in [5, 5.41) is 16.0. The zero-order valence-corrected chi connectivity index (χ0v) is 10.9. The van der Waals surface area contributed by atoms with Crippen LogP contribution in [0.3, 0.4) is 0 Å². The Labute approximate surface area is 113 Å². The minimum Gasteiger partial charge on any atom is -0.506 e. The summed E-state index contributed by atoms with van der Waals surface area (Å²) < 4.78 is 0. The van der Waals surface area contributed by atoms with Crippen molar-refractivity contribution in [2.75, 3.05) is 5.32 Å². The second-order valence-corrected chi connectivity index (χ2v) is 5.74. The van der Waals surface area contributed by atoms with Crippen LogP contribution in [-0.4, -0.2) is 23.1 Å². The number of carbonyl (C=O) groups excluding carboxylic acids is 1. The Morgan fingerprint density at radius 3 is 2.63 bits per heavy atom. The quantitative estimate of drug-likeness (QED) is 0.730. The lowest BCUT2D eigenvalue weighted by Gasteiger charge is -2.28. The summed E-state index contributed by atoms with van der Waals surface area (Å²) in [6, 6.07) is 8.08. The van der Waals surface area contributed by atoms with Gasteiger partial charge in [-0.2, -0.15) is 0 Å². The van der Waals surface area contributed by atoms with Crippen molar-refractivity contribution in [2.45, 2.75) is 44.2 Å². The smallest absolute Gasteiger partial charge is 0.224 e. The van der Waals surface area contributed by atoms with Crippen molar-refractivity contribution >= 4 is 11.6 Å². The van der Waals surface area contributed by atoms with Gasteiger partial charge in [-0.05, 0) is 43.7 Å². The highest BCUT2D eigenvalue weighted by Crippen LogP contribution is 2.33. The van der Waals surface area contributed by atoms with Gasteiger partial charge in [-0.3, -0.25) is 4.79 Å². The lowest BCUT2D eigenvalue weighted by molar-refractivity contribution is -0.117. The minimum absolute atomic E-state index is 0.00722. The maximum absolute atomic E-state index is 12.0. The number of hydrogen-bond donors (Lipinski definition) is 3. The first-order valence-electron chi connectivity index (χ1n) is 7.04. The fraction of sp³-hybridized carbons (Fsp3) is 0.533. The number of piperidine rings is 1. The molecule has 0 aliphatic carbocycles. The average molecular weight is 260 g/mol. The van der Waals surface area contributed by atoms with Crippen molar-refractivity contribution in [1.82, 2.24) is 5.32 Å². The van der Waals surface area contributed by atoms with E-state index in [0.29, 0.717) is 30.1 Å². The highest BCUT2D eigenvalue weighted by atomic mass is 16.3. The molecule has 2 unspecified atom stereocenters. The SMILES string of the molecule is O=C(CC1CC2CCC(C1)N2)Nc1ccccc1O. The molecule has 0 saturated carbocycles. The van der Waals surface area contributed by atoms with Crippen molar-refractivity contribution in [2.24, 2.45) is 5.92 Å². The lowest BCUT2D eigenvalue weighted by atomic mass is 9.89. The van der Waals surface area contributed by atoms with Gasteiger partial charge in [0.15, 0.2) is 0 Å². The Kier molecular flexibility index (Phi) is 3.42. The Balaban J connectivity index is 1.56. The zero-order chi connectivity index (χ0) is 13.2. The number of para-hydroxylation sites is 2. The van der Waals surface area contributed by atoms with Gasteiger partial charge < -0.3 is 15.7 Å². The number of phenolic OH excluding ortho intramolecular Hbond substituents is 1. The number of carbonyl (C=O) groups is 1. The second kappa shape index (κ2) is 5.21. The molecule has 2 atom stereocenters. The van der Waals surface area contributed by atoms with Crippen molar-refractivity contribution in [3.63, 3.8) is 0 Å². The fourth-order valence-corrected chi connectivity index (χ4v) is 3.38. The predicted octanol–water partition coefficient (Wildman–Crippen LogP) is 2.25. The number of aromatic hydroxyl groups is 1. The molecule has 4 heteroatoms. The number of phenols is 1. The summed E-state index contributed by atoms with van der Waals surface area (Å²) in [6.45, 7) is 0. The Bertz CT molecular complexity index is 463. The number of amides is 1. The second-order valence-electron chi connectivity index (χ2n) is 5.74. The molecule has 19 heavy (non-hydrogen) atoms. The monoisotopic (exact) mass is 260 g/mol. The van der Waals surface area contributed by atoms with E-state index in [9.17, 15) is 9.90 Å². The molecule has 0 spiro atoms. The van der Waals surface area contributed by atoms with Crippen LogP contribution in [0.25, 0.3) is 0 Å². The van der Waals surface area contributed by atoms with E-state index in [1.807, 2.05) is 0 Å². The third-order valence-electron chi connectivity index (χ3n) is 4.22. The maximum atomic E-state index is 12.0. The summed E-state index contributed by atoms with van der Waals surface area (Å²) in [6.07, 6.45) is 5.27. The van der Waals surface area contributed by atoms with Crippen LogP contribution in [0.5, 0.6) is 5.75 Å². The largest absolute Gasteiger partial charge is 0.506 e. The van der Waals surface area contributed by atoms with Gasteiger partial charge in [0, 0.05) is 18.5 Å². The number of fused-ring (bicyclic) bond motifs is 2. The zero-order valence-electron chi connectivity index (χ0n) is 10.9. The van der Waals surface area contributed by atoms with Crippen LogP contribution in [0.4, 0.5) is 5.69 Å². The molecular weight excluding hydrogens is 240 g/mol. The highest BCUT2D eigenvalue weighted by Gasteiger charge is 2.34. The van der Waals surface area contributed by atoms with Crippen molar-refractivity contribution in [3.8, 4) is 5.75 Å². The first kappa shape index (κ1) is 12.5. The van der Waals surface area contributed by atoms with Crippen LogP contribution < -0.4 is 10.6 Å². The van der Waals surface area contributed by atoms with E-state index < -0.39 is 0 Å². The van der Waals surface area contributed by atoms with Crippen molar-refractivity contribution < 1.29 is 9.90 Å². The summed E-state index contributed by atoms with van der Waals surface area (Å²) in [7, 11) is 0. The summed E-state index contributed by atoms with van der Waals surface area (Å²) >= 11 is 0.